The molecule has 140 valence electrons. The van der Waals surface area contributed by atoms with Crippen molar-refractivity contribution in [3.05, 3.63) is 34.0 Å². The van der Waals surface area contributed by atoms with E-state index in [1.54, 1.807) is 0 Å². The van der Waals surface area contributed by atoms with Crippen molar-refractivity contribution in [1.82, 2.24) is 20.5 Å². The molecule has 0 aromatic carbocycles. The second-order valence-electron chi connectivity index (χ2n) is 6.97. The van der Waals surface area contributed by atoms with E-state index >= 15 is 0 Å². The van der Waals surface area contributed by atoms with E-state index in [1.165, 1.54) is 24.0 Å². The van der Waals surface area contributed by atoms with E-state index in [2.05, 4.69) is 20.5 Å². The fourth-order valence-corrected chi connectivity index (χ4v) is 3.52. The molecule has 6 nitrogen and oxygen atoms in total. The molecule has 0 atom stereocenters. The summed E-state index contributed by atoms with van der Waals surface area (Å²) in [6.07, 6.45) is 2.47. The predicted octanol–water partition coefficient (Wildman–Crippen LogP) is 3.32. The summed E-state index contributed by atoms with van der Waals surface area (Å²) in [5.41, 5.74) is 4.38. The van der Waals surface area contributed by atoms with Crippen molar-refractivity contribution < 1.29 is 9.05 Å². The van der Waals surface area contributed by atoms with Crippen molar-refractivity contribution in [2.24, 2.45) is 5.92 Å². The second kappa shape index (κ2) is 8.83. The van der Waals surface area contributed by atoms with Crippen molar-refractivity contribution in [3.63, 3.8) is 0 Å². The summed E-state index contributed by atoms with van der Waals surface area (Å²) in [7, 11) is 0. The van der Waals surface area contributed by atoms with Gasteiger partial charge in [-0.25, -0.2) is 0 Å². The minimum Gasteiger partial charge on any atom is -0.361 e. The molecule has 1 aliphatic rings. The Morgan fingerprint density at radius 2 is 1.40 bits per heavy atom. The summed E-state index contributed by atoms with van der Waals surface area (Å²) in [5.74, 6) is 2.57. The largest absolute Gasteiger partial charge is 0.361 e. The van der Waals surface area contributed by atoms with Crippen LogP contribution in [-0.2, 0) is 13.1 Å². The second-order valence-corrected chi connectivity index (χ2v) is 6.97. The van der Waals surface area contributed by atoms with E-state index in [4.69, 9.17) is 9.05 Å². The van der Waals surface area contributed by atoms with Gasteiger partial charge in [0.15, 0.2) is 0 Å². The third kappa shape index (κ3) is 4.84. The summed E-state index contributed by atoms with van der Waals surface area (Å²) < 4.78 is 10.7. The molecule has 3 heterocycles. The normalized spacial score (nSPS) is 15.6. The van der Waals surface area contributed by atoms with Crippen LogP contribution in [0.3, 0.4) is 0 Å². The number of piperidine rings is 1. The van der Waals surface area contributed by atoms with Crippen LogP contribution in [0.4, 0.5) is 0 Å². The third-order valence-corrected chi connectivity index (χ3v) is 5.10. The van der Waals surface area contributed by atoms with E-state index in [0.717, 1.165) is 61.6 Å². The number of aryl methyl sites for hydroxylation is 4. The first kappa shape index (κ1) is 19.9. The Hall–Kier alpha value is -1.37. The zero-order valence-corrected chi connectivity index (χ0v) is 16.4. The highest BCUT2D eigenvalue weighted by Crippen LogP contribution is 2.23. The van der Waals surface area contributed by atoms with Gasteiger partial charge in [-0.1, -0.05) is 10.3 Å². The van der Waals surface area contributed by atoms with Crippen LogP contribution in [0.1, 0.15) is 46.9 Å². The maximum absolute atomic E-state index is 5.35. The van der Waals surface area contributed by atoms with Gasteiger partial charge < -0.3 is 14.4 Å². The van der Waals surface area contributed by atoms with Gasteiger partial charge in [-0.05, 0) is 59.5 Å². The lowest BCUT2D eigenvalue weighted by atomic mass is 9.97. The predicted molar refractivity (Wildman–Crippen MR) is 98.9 cm³/mol. The maximum atomic E-state index is 5.35. The molecule has 3 rings (SSSR count). The SMILES string of the molecule is Cc1noc(C)c1CN(Cc1c(C)noc1C)CC1CCNCC1.Cl. The number of nitrogens with zero attached hydrogens (tertiary/aromatic N) is 3. The van der Waals surface area contributed by atoms with Gasteiger partial charge in [-0.15, -0.1) is 12.4 Å². The van der Waals surface area contributed by atoms with Crippen molar-refractivity contribution in [3.8, 4) is 0 Å². The molecule has 1 aliphatic heterocycles. The van der Waals surface area contributed by atoms with E-state index in [0.29, 0.717) is 0 Å². The molecule has 0 spiro atoms. The maximum Gasteiger partial charge on any atom is 0.138 e. The third-order valence-electron chi connectivity index (χ3n) is 5.10. The van der Waals surface area contributed by atoms with Crippen molar-refractivity contribution in [2.75, 3.05) is 19.6 Å². The first-order valence-corrected chi connectivity index (χ1v) is 8.81. The van der Waals surface area contributed by atoms with E-state index in [-0.39, 0.29) is 12.4 Å². The minimum absolute atomic E-state index is 0. The first-order valence-electron chi connectivity index (χ1n) is 8.81. The van der Waals surface area contributed by atoms with Crippen LogP contribution in [0.15, 0.2) is 9.05 Å². The molecule has 25 heavy (non-hydrogen) atoms. The van der Waals surface area contributed by atoms with Gasteiger partial charge in [0.2, 0.25) is 0 Å². The zero-order chi connectivity index (χ0) is 17.1. The lowest BCUT2D eigenvalue weighted by Gasteiger charge is -2.30. The summed E-state index contributed by atoms with van der Waals surface area (Å²) in [6.45, 7) is 13.1. The molecule has 0 aliphatic carbocycles. The van der Waals surface area contributed by atoms with Gasteiger partial charge in [0.05, 0.1) is 11.4 Å². The Bertz CT molecular complexity index is 589. The van der Waals surface area contributed by atoms with Crippen LogP contribution in [0.2, 0.25) is 0 Å². The van der Waals surface area contributed by atoms with Crippen molar-refractivity contribution in [1.29, 1.82) is 0 Å². The summed E-state index contributed by atoms with van der Waals surface area (Å²) in [4.78, 5) is 2.50. The quantitative estimate of drug-likeness (QED) is 0.843. The molecule has 0 radical (unpaired) electrons. The Morgan fingerprint density at radius 1 is 0.920 bits per heavy atom. The molecule has 2 aromatic heterocycles. The van der Waals surface area contributed by atoms with Crippen LogP contribution in [0.5, 0.6) is 0 Å². The highest BCUT2D eigenvalue weighted by Gasteiger charge is 2.22. The first-order chi connectivity index (χ1) is 11.5. The lowest BCUT2D eigenvalue weighted by Crippen LogP contribution is -2.36. The molecule has 0 unspecified atom stereocenters. The van der Waals surface area contributed by atoms with Crippen LogP contribution >= 0.6 is 12.4 Å². The molecule has 1 fully saturated rings. The monoisotopic (exact) mass is 368 g/mol. The Morgan fingerprint density at radius 3 is 1.80 bits per heavy atom. The van der Waals surface area contributed by atoms with Crippen LogP contribution in [0, 0.1) is 33.6 Å². The van der Waals surface area contributed by atoms with Gasteiger partial charge in [0.1, 0.15) is 11.5 Å². The number of nitrogens with one attached hydrogen (secondary N) is 1. The van der Waals surface area contributed by atoms with Crippen molar-refractivity contribution in [2.45, 2.75) is 53.6 Å². The number of hydrogen-bond donors (Lipinski definition) is 1. The molecule has 7 heteroatoms. The number of halogens is 1. The van der Waals surface area contributed by atoms with E-state index in [1.807, 2.05) is 27.7 Å². The molecular weight excluding hydrogens is 340 g/mol. The molecular formula is C18H29ClN4O2. The van der Waals surface area contributed by atoms with Gasteiger partial charge in [-0.2, -0.15) is 0 Å². The molecule has 1 saturated heterocycles. The average Bonchev–Trinajstić information content (AvgIpc) is 3.06. The highest BCUT2D eigenvalue weighted by atomic mass is 35.5. The molecule has 1 N–H and O–H groups in total. The Kier molecular flexibility index (Phi) is 7.04. The van der Waals surface area contributed by atoms with Gasteiger partial charge >= 0.3 is 0 Å². The minimum atomic E-state index is 0. The van der Waals surface area contributed by atoms with Crippen LogP contribution < -0.4 is 5.32 Å². The summed E-state index contributed by atoms with van der Waals surface area (Å²) >= 11 is 0. The van der Waals surface area contributed by atoms with Crippen molar-refractivity contribution >= 4 is 12.4 Å². The number of rotatable bonds is 6. The lowest BCUT2D eigenvalue weighted by molar-refractivity contribution is 0.189. The Balaban J connectivity index is 0.00000225. The fourth-order valence-electron chi connectivity index (χ4n) is 3.52. The zero-order valence-electron chi connectivity index (χ0n) is 15.6. The number of aromatic nitrogens is 2. The molecule has 0 amide bonds. The van der Waals surface area contributed by atoms with E-state index < -0.39 is 0 Å². The highest BCUT2D eigenvalue weighted by molar-refractivity contribution is 5.85. The van der Waals surface area contributed by atoms with Gasteiger partial charge in [0, 0.05) is 30.8 Å². The molecule has 0 saturated carbocycles. The topological polar surface area (TPSA) is 67.3 Å². The smallest absolute Gasteiger partial charge is 0.138 e. The Labute approximate surface area is 155 Å². The molecule has 0 bridgehead atoms. The number of hydrogen-bond acceptors (Lipinski definition) is 6. The standard InChI is InChI=1S/C18H28N4O2.ClH/c1-12-17(14(3)23-20-12)10-22(9-16-5-7-19-8-6-16)11-18-13(2)21-24-15(18)4;/h16,19H,5-11H2,1-4H3;1H. The van der Waals surface area contributed by atoms with Crippen LogP contribution in [0.25, 0.3) is 0 Å². The van der Waals surface area contributed by atoms with Gasteiger partial charge in [0.25, 0.3) is 0 Å². The molecule has 2 aromatic rings. The summed E-state index contributed by atoms with van der Waals surface area (Å²) in [6, 6.07) is 0. The average molecular weight is 369 g/mol. The van der Waals surface area contributed by atoms with Crippen LogP contribution in [-0.4, -0.2) is 34.8 Å². The fraction of sp³-hybridized carbons (Fsp3) is 0.667. The van der Waals surface area contributed by atoms with Gasteiger partial charge in [-0.3, -0.25) is 4.90 Å². The van der Waals surface area contributed by atoms with E-state index in [9.17, 15) is 0 Å². The summed E-state index contributed by atoms with van der Waals surface area (Å²) in [5, 5.41) is 11.7.